The highest BCUT2D eigenvalue weighted by atomic mass is 16.5. The highest BCUT2D eigenvalue weighted by Gasteiger charge is 2.14. The molecule has 18 heavy (non-hydrogen) atoms. The quantitative estimate of drug-likeness (QED) is 0.759. The van der Waals surface area contributed by atoms with Gasteiger partial charge < -0.3 is 10.1 Å². The van der Waals surface area contributed by atoms with Crippen LogP contribution in [0.15, 0.2) is 24.3 Å². The van der Waals surface area contributed by atoms with Gasteiger partial charge in [0.05, 0.1) is 7.11 Å². The molecule has 0 aromatic heterocycles. The third kappa shape index (κ3) is 4.69. The monoisotopic (exact) mass is 249 g/mol. The van der Waals surface area contributed by atoms with E-state index in [-0.39, 0.29) is 0 Å². The van der Waals surface area contributed by atoms with Gasteiger partial charge in [-0.3, -0.25) is 0 Å². The Morgan fingerprint density at radius 2 is 1.83 bits per heavy atom. The van der Waals surface area contributed by atoms with Gasteiger partial charge in [0.1, 0.15) is 5.75 Å². The number of rotatable bonds is 8. The van der Waals surface area contributed by atoms with Crippen molar-refractivity contribution in [2.24, 2.45) is 5.92 Å². The Labute approximate surface area is 112 Å². The number of nitrogens with one attached hydrogen (secondary N) is 1. The van der Waals surface area contributed by atoms with Crippen molar-refractivity contribution in [1.82, 2.24) is 5.32 Å². The standard InChI is InChI=1S/C16H27NO/c1-5-11-17-16(6-2)13(3)12-14-7-9-15(18-4)10-8-14/h7-10,13,16-17H,5-6,11-12H2,1-4H3. The van der Waals surface area contributed by atoms with Gasteiger partial charge in [-0.2, -0.15) is 0 Å². The summed E-state index contributed by atoms with van der Waals surface area (Å²) >= 11 is 0. The molecule has 0 saturated heterocycles. The Bertz CT molecular complexity index is 320. The number of ether oxygens (including phenoxy) is 1. The van der Waals surface area contributed by atoms with Crippen molar-refractivity contribution >= 4 is 0 Å². The first-order chi connectivity index (χ1) is 8.71. The van der Waals surface area contributed by atoms with Crippen LogP contribution in [0.5, 0.6) is 5.75 Å². The molecule has 0 aliphatic rings. The van der Waals surface area contributed by atoms with Gasteiger partial charge in [0, 0.05) is 6.04 Å². The summed E-state index contributed by atoms with van der Waals surface area (Å²) in [4.78, 5) is 0. The molecule has 2 heteroatoms. The molecule has 1 aromatic rings. The average Bonchev–Trinajstić information content (AvgIpc) is 2.40. The molecule has 102 valence electrons. The van der Waals surface area contributed by atoms with E-state index in [1.165, 1.54) is 18.4 Å². The van der Waals surface area contributed by atoms with Crippen molar-refractivity contribution in [3.63, 3.8) is 0 Å². The maximum absolute atomic E-state index is 5.18. The van der Waals surface area contributed by atoms with Crippen molar-refractivity contribution in [2.75, 3.05) is 13.7 Å². The molecule has 0 spiro atoms. The second kappa shape index (κ2) is 8.15. The van der Waals surface area contributed by atoms with Crippen LogP contribution in [0.25, 0.3) is 0 Å². The lowest BCUT2D eigenvalue weighted by molar-refractivity contribution is 0.364. The van der Waals surface area contributed by atoms with Gasteiger partial charge in [-0.1, -0.05) is 32.9 Å². The van der Waals surface area contributed by atoms with Gasteiger partial charge >= 0.3 is 0 Å². The first-order valence-electron chi connectivity index (χ1n) is 7.07. The minimum absolute atomic E-state index is 0.618. The van der Waals surface area contributed by atoms with E-state index in [0.29, 0.717) is 12.0 Å². The molecule has 0 aliphatic heterocycles. The molecule has 0 heterocycles. The fourth-order valence-electron chi connectivity index (χ4n) is 2.35. The molecule has 2 unspecified atom stereocenters. The van der Waals surface area contributed by atoms with Crippen LogP contribution in [0.1, 0.15) is 39.2 Å². The van der Waals surface area contributed by atoms with Gasteiger partial charge in [0.15, 0.2) is 0 Å². The summed E-state index contributed by atoms with van der Waals surface area (Å²) in [6.45, 7) is 7.93. The molecule has 0 fully saturated rings. The Morgan fingerprint density at radius 1 is 1.17 bits per heavy atom. The van der Waals surface area contributed by atoms with Crippen molar-refractivity contribution in [3.05, 3.63) is 29.8 Å². The average molecular weight is 249 g/mol. The zero-order chi connectivity index (χ0) is 13.4. The molecule has 0 aliphatic carbocycles. The van der Waals surface area contributed by atoms with Crippen molar-refractivity contribution in [2.45, 2.75) is 46.1 Å². The highest BCUT2D eigenvalue weighted by molar-refractivity contribution is 5.27. The summed E-state index contributed by atoms with van der Waals surface area (Å²) in [5, 5.41) is 3.64. The molecule has 2 atom stereocenters. The molecular formula is C16H27NO. The molecule has 1 N–H and O–H groups in total. The minimum Gasteiger partial charge on any atom is -0.497 e. The fraction of sp³-hybridized carbons (Fsp3) is 0.625. The van der Waals surface area contributed by atoms with Gasteiger partial charge in [-0.05, 0) is 49.4 Å². The number of methoxy groups -OCH3 is 1. The van der Waals surface area contributed by atoms with Crippen LogP contribution in [0, 0.1) is 5.92 Å². The van der Waals surface area contributed by atoms with E-state index in [4.69, 9.17) is 4.74 Å². The van der Waals surface area contributed by atoms with Gasteiger partial charge in [0.2, 0.25) is 0 Å². The summed E-state index contributed by atoms with van der Waals surface area (Å²) in [6, 6.07) is 9.04. The Balaban J connectivity index is 2.52. The van der Waals surface area contributed by atoms with Crippen LogP contribution in [-0.4, -0.2) is 19.7 Å². The lowest BCUT2D eigenvalue weighted by atomic mass is 9.92. The fourth-order valence-corrected chi connectivity index (χ4v) is 2.35. The third-order valence-electron chi connectivity index (χ3n) is 3.50. The van der Waals surface area contributed by atoms with E-state index >= 15 is 0 Å². The molecule has 1 aromatic carbocycles. The van der Waals surface area contributed by atoms with Crippen LogP contribution >= 0.6 is 0 Å². The number of hydrogen-bond acceptors (Lipinski definition) is 2. The topological polar surface area (TPSA) is 21.3 Å². The van der Waals surface area contributed by atoms with Gasteiger partial charge in [-0.15, -0.1) is 0 Å². The highest BCUT2D eigenvalue weighted by Crippen LogP contribution is 2.17. The second-order valence-electron chi connectivity index (χ2n) is 5.00. The molecule has 2 nitrogen and oxygen atoms in total. The van der Waals surface area contributed by atoms with E-state index in [1.807, 2.05) is 12.1 Å². The van der Waals surface area contributed by atoms with Crippen LogP contribution in [0.2, 0.25) is 0 Å². The van der Waals surface area contributed by atoms with Crippen molar-refractivity contribution < 1.29 is 4.74 Å². The molecule has 0 amide bonds. The summed E-state index contributed by atoms with van der Waals surface area (Å²) in [5.74, 6) is 1.59. The lowest BCUT2D eigenvalue weighted by Gasteiger charge is -2.24. The van der Waals surface area contributed by atoms with Crippen LogP contribution in [0.4, 0.5) is 0 Å². The largest absolute Gasteiger partial charge is 0.497 e. The van der Waals surface area contributed by atoms with Crippen molar-refractivity contribution in [1.29, 1.82) is 0 Å². The third-order valence-corrected chi connectivity index (χ3v) is 3.50. The summed E-state index contributed by atoms with van der Waals surface area (Å²) in [6.07, 6.45) is 3.52. The van der Waals surface area contributed by atoms with E-state index in [2.05, 4.69) is 38.2 Å². The molecule has 0 bridgehead atoms. The SMILES string of the molecule is CCCNC(CC)C(C)Cc1ccc(OC)cc1. The summed E-state index contributed by atoms with van der Waals surface area (Å²) in [7, 11) is 1.71. The van der Waals surface area contributed by atoms with E-state index in [0.717, 1.165) is 18.7 Å². The summed E-state index contributed by atoms with van der Waals surface area (Å²) in [5.41, 5.74) is 1.39. The Hall–Kier alpha value is -1.02. The van der Waals surface area contributed by atoms with Gasteiger partial charge in [0.25, 0.3) is 0 Å². The van der Waals surface area contributed by atoms with E-state index in [1.54, 1.807) is 7.11 Å². The molecule has 0 radical (unpaired) electrons. The Kier molecular flexibility index (Phi) is 6.81. The molecule has 0 saturated carbocycles. The Morgan fingerprint density at radius 3 is 2.33 bits per heavy atom. The number of benzene rings is 1. The zero-order valence-electron chi connectivity index (χ0n) is 12.2. The van der Waals surface area contributed by atoms with Crippen LogP contribution in [0.3, 0.4) is 0 Å². The zero-order valence-corrected chi connectivity index (χ0v) is 12.2. The molecular weight excluding hydrogens is 222 g/mol. The first kappa shape index (κ1) is 15.0. The second-order valence-corrected chi connectivity index (χ2v) is 5.00. The van der Waals surface area contributed by atoms with Crippen LogP contribution in [-0.2, 0) is 6.42 Å². The smallest absolute Gasteiger partial charge is 0.118 e. The molecule has 1 rings (SSSR count). The minimum atomic E-state index is 0.618. The lowest BCUT2D eigenvalue weighted by Crippen LogP contribution is -2.35. The van der Waals surface area contributed by atoms with Crippen LogP contribution < -0.4 is 10.1 Å². The maximum Gasteiger partial charge on any atom is 0.118 e. The predicted molar refractivity (Wildman–Crippen MR) is 78.2 cm³/mol. The maximum atomic E-state index is 5.18. The first-order valence-corrected chi connectivity index (χ1v) is 7.07. The van der Waals surface area contributed by atoms with E-state index < -0.39 is 0 Å². The van der Waals surface area contributed by atoms with E-state index in [9.17, 15) is 0 Å². The normalized spacial score (nSPS) is 14.2. The van der Waals surface area contributed by atoms with Crippen molar-refractivity contribution in [3.8, 4) is 5.75 Å². The summed E-state index contributed by atoms with van der Waals surface area (Å²) < 4.78 is 5.18. The number of hydrogen-bond donors (Lipinski definition) is 1. The van der Waals surface area contributed by atoms with Gasteiger partial charge in [-0.25, -0.2) is 0 Å². The predicted octanol–water partition coefficient (Wildman–Crippen LogP) is 3.65.